The molecule has 0 aliphatic carbocycles. The van der Waals surface area contributed by atoms with E-state index in [-0.39, 0.29) is 18.3 Å². The lowest BCUT2D eigenvalue weighted by Gasteiger charge is -2.32. The summed E-state index contributed by atoms with van der Waals surface area (Å²) in [6.07, 6.45) is 0.980. The minimum absolute atomic E-state index is 0.130. The van der Waals surface area contributed by atoms with E-state index in [4.69, 9.17) is 4.74 Å². The van der Waals surface area contributed by atoms with E-state index in [0.717, 1.165) is 24.2 Å². The molecule has 1 atom stereocenters. The number of hydrogen-bond donors (Lipinski definition) is 1. The summed E-state index contributed by atoms with van der Waals surface area (Å²) in [5, 5.41) is 2.90. The molecule has 1 N–H and O–H groups in total. The van der Waals surface area contributed by atoms with Crippen molar-refractivity contribution in [3.63, 3.8) is 0 Å². The van der Waals surface area contributed by atoms with Gasteiger partial charge in [0, 0.05) is 12.2 Å². The summed E-state index contributed by atoms with van der Waals surface area (Å²) in [6, 6.07) is 7.24. The first-order chi connectivity index (χ1) is 10.2. The number of benzene rings is 1. The summed E-state index contributed by atoms with van der Waals surface area (Å²) in [5.74, 6) is -0.458. The average Bonchev–Trinajstić information content (AvgIpc) is 2.49. The highest BCUT2D eigenvalue weighted by molar-refractivity contribution is 5.95. The van der Waals surface area contributed by atoms with E-state index in [0.29, 0.717) is 13.2 Å². The van der Waals surface area contributed by atoms with E-state index < -0.39 is 6.04 Å². The molecule has 1 heterocycles. The molecule has 0 saturated carbocycles. The fourth-order valence-corrected chi connectivity index (χ4v) is 2.58. The van der Waals surface area contributed by atoms with E-state index in [9.17, 15) is 9.59 Å². The van der Waals surface area contributed by atoms with Crippen LogP contribution in [-0.2, 0) is 20.7 Å². The molecule has 0 aromatic heterocycles. The van der Waals surface area contributed by atoms with Crippen molar-refractivity contribution < 1.29 is 14.3 Å². The van der Waals surface area contributed by atoms with Gasteiger partial charge in [0.25, 0.3) is 0 Å². The molecule has 0 radical (unpaired) electrons. The maximum absolute atomic E-state index is 12.2. The standard InChI is InChI=1S/C16H22N2O3/c1-3-12-7-5-6-8-13(12)17-15(19)11-14-16(20)21-10-9-18(14)4-2/h5-8,14H,3-4,9-11H2,1-2H3,(H,17,19)/t14-/m0/s1. The van der Waals surface area contributed by atoms with Crippen molar-refractivity contribution >= 4 is 17.6 Å². The third-order valence-corrected chi connectivity index (χ3v) is 3.79. The summed E-state index contributed by atoms with van der Waals surface area (Å²) >= 11 is 0. The van der Waals surface area contributed by atoms with Gasteiger partial charge in [-0.15, -0.1) is 0 Å². The molecule has 0 unspecified atom stereocenters. The van der Waals surface area contributed by atoms with Crippen molar-refractivity contribution in [1.29, 1.82) is 0 Å². The lowest BCUT2D eigenvalue weighted by molar-refractivity contribution is -0.158. The van der Waals surface area contributed by atoms with Gasteiger partial charge in [-0.3, -0.25) is 14.5 Å². The van der Waals surface area contributed by atoms with Crippen LogP contribution in [0.15, 0.2) is 24.3 Å². The first-order valence-electron chi connectivity index (χ1n) is 7.44. The number of aryl methyl sites for hydroxylation is 1. The minimum atomic E-state index is -0.475. The number of morpholine rings is 1. The highest BCUT2D eigenvalue weighted by atomic mass is 16.5. The molecule has 2 rings (SSSR count). The number of para-hydroxylation sites is 1. The van der Waals surface area contributed by atoms with E-state index in [1.165, 1.54) is 0 Å². The second kappa shape index (κ2) is 7.22. The Hall–Kier alpha value is -1.88. The van der Waals surface area contributed by atoms with Gasteiger partial charge in [0.1, 0.15) is 12.6 Å². The molecule has 21 heavy (non-hydrogen) atoms. The fraction of sp³-hybridized carbons (Fsp3) is 0.500. The summed E-state index contributed by atoms with van der Waals surface area (Å²) in [6.45, 7) is 5.85. The van der Waals surface area contributed by atoms with Gasteiger partial charge in [0.05, 0.1) is 6.42 Å². The van der Waals surface area contributed by atoms with E-state index >= 15 is 0 Å². The number of esters is 1. The number of likely N-dealkylation sites (N-methyl/N-ethyl adjacent to an activating group) is 1. The Bertz CT molecular complexity index is 516. The van der Waals surface area contributed by atoms with Crippen LogP contribution in [0.1, 0.15) is 25.8 Å². The molecule has 0 bridgehead atoms. The maximum atomic E-state index is 12.2. The summed E-state index contributed by atoms with van der Waals surface area (Å²) in [5.41, 5.74) is 1.90. The van der Waals surface area contributed by atoms with Crippen molar-refractivity contribution in [2.45, 2.75) is 32.7 Å². The van der Waals surface area contributed by atoms with Crippen LogP contribution < -0.4 is 5.32 Å². The van der Waals surface area contributed by atoms with Gasteiger partial charge in [0.2, 0.25) is 5.91 Å². The van der Waals surface area contributed by atoms with Gasteiger partial charge in [-0.2, -0.15) is 0 Å². The van der Waals surface area contributed by atoms with Crippen molar-refractivity contribution in [3.05, 3.63) is 29.8 Å². The lowest BCUT2D eigenvalue weighted by atomic mass is 10.1. The molecular weight excluding hydrogens is 268 g/mol. The van der Waals surface area contributed by atoms with Gasteiger partial charge in [-0.05, 0) is 24.6 Å². The Morgan fingerprint density at radius 2 is 2.14 bits per heavy atom. The number of nitrogens with zero attached hydrogens (tertiary/aromatic N) is 1. The van der Waals surface area contributed by atoms with Crippen LogP contribution >= 0.6 is 0 Å². The first kappa shape index (κ1) is 15.5. The zero-order valence-electron chi connectivity index (χ0n) is 12.6. The van der Waals surface area contributed by atoms with E-state index in [1.807, 2.05) is 43.0 Å². The highest BCUT2D eigenvalue weighted by Crippen LogP contribution is 2.17. The number of amides is 1. The lowest BCUT2D eigenvalue weighted by Crippen LogP contribution is -2.50. The number of rotatable bonds is 5. The second-order valence-electron chi connectivity index (χ2n) is 5.07. The quantitative estimate of drug-likeness (QED) is 0.841. The zero-order valence-corrected chi connectivity index (χ0v) is 12.6. The van der Waals surface area contributed by atoms with Crippen molar-refractivity contribution in [2.75, 3.05) is 25.0 Å². The highest BCUT2D eigenvalue weighted by Gasteiger charge is 2.32. The largest absolute Gasteiger partial charge is 0.463 e. The van der Waals surface area contributed by atoms with Gasteiger partial charge >= 0.3 is 5.97 Å². The topological polar surface area (TPSA) is 58.6 Å². The van der Waals surface area contributed by atoms with Crippen LogP contribution in [0.3, 0.4) is 0 Å². The minimum Gasteiger partial charge on any atom is -0.463 e. The summed E-state index contributed by atoms with van der Waals surface area (Å²) in [4.78, 5) is 26.0. The van der Waals surface area contributed by atoms with Crippen LogP contribution in [0.5, 0.6) is 0 Å². The van der Waals surface area contributed by atoms with Crippen molar-refractivity contribution in [2.24, 2.45) is 0 Å². The zero-order chi connectivity index (χ0) is 15.2. The number of carbonyl (C=O) groups excluding carboxylic acids is 2. The molecule has 1 amide bonds. The predicted molar refractivity (Wildman–Crippen MR) is 81.1 cm³/mol. The van der Waals surface area contributed by atoms with Crippen LogP contribution in [0.2, 0.25) is 0 Å². The molecule has 114 valence electrons. The normalized spacial score (nSPS) is 19.1. The number of carbonyl (C=O) groups is 2. The fourth-order valence-electron chi connectivity index (χ4n) is 2.58. The maximum Gasteiger partial charge on any atom is 0.323 e. The predicted octanol–water partition coefficient (Wildman–Crippen LogP) is 1.82. The summed E-state index contributed by atoms with van der Waals surface area (Å²) < 4.78 is 5.06. The molecule has 1 saturated heterocycles. The molecule has 1 aromatic carbocycles. The van der Waals surface area contributed by atoms with Crippen LogP contribution in [0, 0.1) is 0 Å². The molecule has 1 fully saturated rings. The second-order valence-corrected chi connectivity index (χ2v) is 5.07. The van der Waals surface area contributed by atoms with Crippen LogP contribution in [0.25, 0.3) is 0 Å². The number of anilines is 1. The molecule has 0 spiro atoms. The first-order valence-corrected chi connectivity index (χ1v) is 7.44. The SMILES string of the molecule is CCc1ccccc1NC(=O)C[C@H]1C(=O)OCCN1CC. The molecule has 1 aliphatic rings. The number of ether oxygens (including phenoxy) is 1. The Labute approximate surface area is 125 Å². The Morgan fingerprint density at radius 3 is 2.86 bits per heavy atom. The molecule has 5 nitrogen and oxygen atoms in total. The molecule has 5 heteroatoms. The Kier molecular flexibility index (Phi) is 5.33. The van der Waals surface area contributed by atoms with Gasteiger partial charge in [-0.25, -0.2) is 0 Å². The molecule has 1 aromatic rings. The van der Waals surface area contributed by atoms with Crippen LogP contribution in [0.4, 0.5) is 5.69 Å². The summed E-state index contributed by atoms with van der Waals surface area (Å²) in [7, 11) is 0. The van der Waals surface area contributed by atoms with E-state index in [2.05, 4.69) is 5.32 Å². The van der Waals surface area contributed by atoms with Crippen LogP contribution in [-0.4, -0.2) is 42.5 Å². The van der Waals surface area contributed by atoms with Crippen molar-refractivity contribution in [1.82, 2.24) is 4.90 Å². The third-order valence-electron chi connectivity index (χ3n) is 3.79. The van der Waals surface area contributed by atoms with Gasteiger partial charge in [-0.1, -0.05) is 32.0 Å². The third kappa shape index (κ3) is 3.82. The number of hydrogen-bond acceptors (Lipinski definition) is 4. The van der Waals surface area contributed by atoms with Gasteiger partial charge < -0.3 is 10.1 Å². The van der Waals surface area contributed by atoms with Gasteiger partial charge in [0.15, 0.2) is 0 Å². The Morgan fingerprint density at radius 1 is 1.38 bits per heavy atom. The Balaban J connectivity index is 2.01. The van der Waals surface area contributed by atoms with Crippen molar-refractivity contribution in [3.8, 4) is 0 Å². The average molecular weight is 290 g/mol. The smallest absolute Gasteiger partial charge is 0.323 e. The molecule has 1 aliphatic heterocycles. The number of nitrogens with one attached hydrogen (secondary N) is 1. The van der Waals surface area contributed by atoms with E-state index in [1.54, 1.807) is 0 Å². The number of cyclic esters (lactones) is 1. The monoisotopic (exact) mass is 290 g/mol. The molecular formula is C16H22N2O3.